The predicted molar refractivity (Wildman–Crippen MR) is 109 cm³/mol. The maximum Gasteiger partial charge on any atom is 0.257 e. The first-order valence-electron chi connectivity index (χ1n) is 8.14. The Balaban J connectivity index is 1.65. The van der Waals surface area contributed by atoms with Gasteiger partial charge in [-0.15, -0.1) is 0 Å². The number of hydrogen-bond donors (Lipinski definition) is 1. The summed E-state index contributed by atoms with van der Waals surface area (Å²) in [5, 5.41) is 3.29. The van der Waals surface area contributed by atoms with Crippen LogP contribution in [0.15, 0.2) is 52.9 Å². The molecule has 9 heteroatoms. The van der Waals surface area contributed by atoms with E-state index >= 15 is 0 Å². The average Bonchev–Trinajstić information content (AvgIpc) is 3.07. The first-order chi connectivity index (χ1) is 13.8. The molecule has 0 bridgehead atoms. The molecule has 4 rings (SSSR count). The Kier molecular flexibility index (Phi) is 5.17. The first-order valence-corrected chi connectivity index (χ1v) is 9.27. The third kappa shape index (κ3) is 3.92. The molecule has 0 fully saturated rings. The van der Waals surface area contributed by atoms with Crippen LogP contribution in [0.1, 0.15) is 10.4 Å². The molecule has 0 aliphatic carbocycles. The van der Waals surface area contributed by atoms with E-state index in [0.717, 1.165) is 12.1 Å². The Hall–Kier alpha value is -2.67. The Morgan fingerprint density at radius 1 is 0.931 bits per heavy atom. The molecule has 4 aromatic rings. The lowest BCUT2D eigenvalue weighted by Crippen LogP contribution is -2.12. The van der Waals surface area contributed by atoms with Gasteiger partial charge in [0.25, 0.3) is 5.91 Å². The molecule has 146 valence electrons. The summed E-state index contributed by atoms with van der Waals surface area (Å²) in [5.41, 5.74) is 1.57. The van der Waals surface area contributed by atoms with Crippen molar-refractivity contribution in [2.24, 2.45) is 0 Å². The SMILES string of the molecule is O=C(Nc1ccc2oc(-c3cc(F)c(F)cc3Cl)nc2c1)c1ccc(Cl)cc1Cl. The second-order valence-corrected chi connectivity index (χ2v) is 7.28. The zero-order valence-electron chi connectivity index (χ0n) is 14.3. The third-order valence-electron chi connectivity index (χ3n) is 4.06. The average molecular weight is 454 g/mol. The number of fused-ring (bicyclic) bond motifs is 1. The van der Waals surface area contributed by atoms with Crippen molar-refractivity contribution in [1.82, 2.24) is 4.98 Å². The van der Waals surface area contributed by atoms with Gasteiger partial charge in [0.2, 0.25) is 5.89 Å². The summed E-state index contributed by atoms with van der Waals surface area (Å²) >= 11 is 17.9. The number of nitrogens with one attached hydrogen (secondary N) is 1. The van der Waals surface area contributed by atoms with Crippen LogP contribution in [0.3, 0.4) is 0 Å². The lowest BCUT2D eigenvalue weighted by atomic mass is 10.2. The van der Waals surface area contributed by atoms with E-state index in [0.29, 0.717) is 21.8 Å². The minimum atomic E-state index is -1.07. The highest BCUT2D eigenvalue weighted by atomic mass is 35.5. The van der Waals surface area contributed by atoms with Crippen molar-refractivity contribution >= 4 is 57.5 Å². The van der Waals surface area contributed by atoms with Crippen molar-refractivity contribution in [3.8, 4) is 11.5 Å². The molecule has 3 aromatic carbocycles. The monoisotopic (exact) mass is 452 g/mol. The fourth-order valence-corrected chi connectivity index (χ4v) is 3.40. The smallest absolute Gasteiger partial charge is 0.257 e. The van der Waals surface area contributed by atoms with Gasteiger partial charge in [0.1, 0.15) is 5.52 Å². The summed E-state index contributed by atoms with van der Waals surface area (Å²) in [6.45, 7) is 0. The van der Waals surface area contributed by atoms with Crippen molar-refractivity contribution < 1.29 is 18.0 Å². The fourth-order valence-electron chi connectivity index (χ4n) is 2.68. The molecular weight excluding hydrogens is 445 g/mol. The molecule has 0 saturated heterocycles. The summed E-state index contributed by atoms with van der Waals surface area (Å²) < 4.78 is 32.4. The van der Waals surface area contributed by atoms with E-state index in [1.165, 1.54) is 12.1 Å². The van der Waals surface area contributed by atoms with Crippen molar-refractivity contribution in [1.29, 1.82) is 0 Å². The molecule has 0 saturated carbocycles. The molecule has 1 heterocycles. The van der Waals surface area contributed by atoms with Crippen LogP contribution < -0.4 is 5.32 Å². The van der Waals surface area contributed by atoms with Crippen LogP contribution in [0.2, 0.25) is 15.1 Å². The van der Waals surface area contributed by atoms with E-state index in [9.17, 15) is 13.6 Å². The number of amides is 1. The molecule has 29 heavy (non-hydrogen) atoms. The second-order valence-electron chi connectivity index (χ2n) is 6.03. The number of hydrogen-bond acceptors (Lipinski definition) is 3. The van der Waals surface area contributed by atoms with E-state index in [4.69, 9.17) is 39.2 Å². The van der Waals surface area contributed by atoms with E-state index in [1.54, 1.807) is 24.3 Å². The van der Waals surface area contributed by atoms with E-state index in [-0.39, 0.29) is 27.1 Å². The number of rotatable bonds is 3. The molecule has 0 unspecified atom stereocenters. The zero-order chi connectivity index (χ0) is 20.7. The number of nitrogens with zero attached hydrogens (tertiary/aromatic N) is 1. The number of carbonyl (C=O) groups excluding carboxylic acids is 1. The summed E-state index contributed by atoms with van der Waals surface area (Å²) in [5.74, 6) is -2.55. The molecule has 0 atom stereocenters. The normalized spacial score (nSPS) is 11.1. The number of carbonyl (C=O) groups is 1. The van der Waals surface area contributed by atoms with Crippen LogP contribution in [0.5, 0.6) is 0 Å². The van der Waals surface area contributed by atoms with Gasteiger partial charge in [-0.05, 0) is 48.5 Å². The summed E-state index contributed by atoms with van der Waals surface area (Å²) in [4.78, 5) is 16.7. The highest BCUT2D eigenvalue weighted by Gasteiger charge is 2.17. The summed E-state index contributed by atoms with van der Waals surface area (Å²) in [6, 6.07) is 11.0. The van der Waals surface area contributed by atoms with Gasteiger partial charge in [-0.2, -0.15) is 0 Å². The van der Waals surface area contributed by atoms with Crippen molar-refractivity contribution in [3.63, 3.8) is 0 Å². The van der Waals surface area contributed by atoms with E-state index in [1.807, 2.05) is 0 Å². The van der Waals surface area contributed by atoms with Gasteiger partial charge >= 0.3 is 0 Å². The minimum absolute atomic E-state index is 0.0214. The first kappa shape index (κ1) is 19.6. The molecule has 1 aromatic heterocycles. The van der Waals surface area contributed by atoms with Gasteiger partial charge in [0, 0.05) is 10.7 Å². The molecule has 0 radical (unpaired) electrons. The second kappa shape index (κ2) is 7.63. The molecule has 4 nitrogen and oxygen atoms in total. The Bertz CT molecular complexity index is 1270. The van der Waals surface area contributed by atoms with Crippen molar-refractivity contribution in [3.05, 3.63) is 80.8 Å². The van der Waals surface area contributed by atoms with Gasteiger partial charge in [-0.3, -0.25) is 4.79 Å². The van der Waals surface area contributed by atoms with Gasteiger partial charge in [-0.25, -0.2) is 13.8 Å². The van der Waals surface area contributed by atoms with Crippen LogP contribution in [0.25, 0.3) is 22.6 Å². The maximum atomic E-state index is 13.6. The third-order valence-corrected chi connectivity index (χ3v) is 4.92. The van der Waals surface area contributed by atoms with Gasteiger partial charge in [0.15, 0.2) is 17.2 Å². The standard InChI is InChI=1S/C20H9Cl3F2N2O2/c21-9-1-3-11(13(22)5-9)19(28)26-10-2-4-18-17(6-10)27-20(29-18)12-7-15(24)16(25)8-14(12)23/h1-8H,(H,26,28). The molecule has 1 amide bonds. The number of benzene rings is 3. The minimum Gasteiger partial charge on any atom is -0.436 e. The molecule has 1 N–H and O–H groups in total. The van der Waals surface area contributed by atoms with Crippen LogP contribution in [-0.2, 0) is 0 Å². The number of aromatic nitrogens is 1. The van der Waals surface area contributed by atoms with Gasteiger partial charge in [0.05, 0.1) is 21.2 Å². The lowest BCUT2D eigenvalue weighted by molar-refractivity contribution is 0.102. The Morgan fingerprint density at radius 2 is 1.69 bits per heavy atom. The van der Waals surface area contributed by atoms with Crippen molar-refractivity contribution in [2.45, 2.75) is 0 Å². The van der Waals surface area contributed by atoms with Gasteiger partial charge < -0.3 is 9.73 Å². The van der Waals surface area contributed by atoms with E-state index in [2.05, 4.69) is 10.3 Å². The fraction of sp³-hybridized carbons (Fsp3) is 0. The highest BCUT2D eigenvalue weighted by molar-refractivity contribution is 6.37. The quantitative estimate of drug-likeness (QED) is 0.340. The largest absolute Gasteiger partial charge is 0.436 e. The highest BCUT2D eigenvalue weighted by Crippen LogP contribution is 2.32. The molecule has 0 spiro atoms. The number of anilines is 1. The number of halogens is 5. The lowest BCUT2D eigenvalue weighted by Gasteiger charge is -2.06. The Labute approximate surface area is 178 Å². The van der Waals surface area contributed by atoms with Gasteiger partial charge in [-0.1, -0.05) is 34.8 Å². The molecule has 0 aliphatic rings. The molecular formula is C20H9Cl3F2N2O2. The maximum absolute atomic E-state index is 13.6. The van der Waals surface area contributed by atoms with E-state index < -0.39 is 17.5 Å². The topological polar surface area (TPSA) is 55.1 Å². The van der Waals surface area contributed by atoms with Crippen molar-refractivity contribution in [2.75, 3.05) is 5.32 Å². The molecule has 0 aliphatic heterocycles. The predicted octanol–water partition coefficient (Wildman–Crippen LogP) is 6.99. The van der Waals surface area contributed by atoms with Crippen LogP contribution in [0, 0.1) is 11.6 Å². The van der Waals surface area contributed by atoms with Crippen LogP contribution in [0.4, 0.5) is 14.5 Å². The summed E-state index contributed by atoms with van der Waals surface area (Å²) in [6.07, 6.45) is 0. The number of oxazole rings is 1. The summed E-state index contributed by atoms with van der Waals surface area (Å²) in [7, 11) is 0. The van der Waals surface area contributed by atoms with Crippen LogP contribution >= 0.6 is 34.8 Å². The Morgan fingerprint density at radius 3 is 2.45 bits per heavy atom. The zero-order valence-corrected chi connectivity index (χ0v) is 16.5. The van der Waals surface area contributed by atoms with Crippen LogP contribution in [-0.4, -0.2) is 10.9 Å².